The van der Waals surface area contributed by atoms with Gasteiger partial charge in [-0.15, -0.1) is 0 Å². The number of carbonyl (C=O) groups is 2. The molecular formula is C20H18N2O2. The minimum absolute atomic E-state index is 0.0791. The highest BCUT2D eigenvalue weighted by molar-refractivity contribution is 5.96. The van der Waals surface area contributed by atoms with Gasteiger partial charge < -0.3 is 10.2 Å². The Hall–Kier alpha value is -3.06. The summed E-state index contributed by atoms with van der Waals surface area (Å²) in [6.07, 6.45) is 0.352. The molecule has 1 heterocycles. The molecule has 2 aromatic rings. The van der Waals surface area contributed by atoms with E-state index in [-0.39, 0.29) is 24.7 Å². The molecule has 0 unspecified atom stereocenters. The minimum atomic E-state index is -0.135. The highest BCUT2D eigenvalue weighted by Crippen LogP contribution is 2.26. The molecule has 0 saturated heterocycles. The molecule has 0 saturated carbocycles. The minimum Gasteiger partial charge on any atom is -0.359 e. The predicted molar refractivity (Wildman–Crippen MR) is 93.4 cm³/mol. The van der Waals surface area contributed by atoms with Crippen molar-refractivity contribution in [3.63, 3.8) is 0 Å². The van der Waals surface area contributed by atoms with Crippen LogP contribution in [0.2, 0.25) is 0 Å². The van der Waals surface area contributed by atoms with E-state index in [4.69, 9.17) is 0 Å². The van der Waals surface area contributed by atoms with E-state index < -0.39 is 0 Å². The Labute approximate surface area is 141 Å². The molecule has 1 N–H and O–H groups in total. The average Bonchev–Trinajstić information content (AvgIpc) is 2.61. The fourth-order valence-corrected chi connectivity index (χ4v) is 2.69. The van der Waals surface area contributed by atoms with Crippen molar-refractivity contribution in [3.05, 3.63) is 65.2 Å². The van der Waals surface area contributed by atoms with Gasteiger partial charge in [0.2, 0.25) is 11.8 Å². The summed E-state index contributed by atoms with van der Waals surface area (Å²) in [5.74, 6) is 6.13. The predicted octanol–water partition coefficient (Wildman–Crippen LogP) is 2.46. The number of amides is 2. The third-order valence-corrected chi connectivity index (χ3v) is 4.02. The zero-order valence-electron chi connectivity index (χ0n) is 13.5. The van der Waals surface area contributed by atoms with Crippen LogP contribution in [0.3, 0.4) is 0 Å². The van der Waals surface area contributed by atoms with E-state index in [9.17, 15) is 9.59 Å². The molecule has 1 aliphatic rings. The molecule has 120 valence electrons. The molecule has 4 heteroatoms. The topological polar surface area (TPSA) is 49.4 Å². The summed E-state index contributed by atoms with van der Waals surface area (Å²) < 4.78 is 0. The molecule has 4 nitrogen and oxygen atoms in total. The van der Waals surface area contributed by atoms with Crippen molar-refractivity contribution in [2.75, 3.05) is 11.9 Å². The van der Waals surface area contributed by atoms with Crippen LogP contribution in [0.1, 0.15) is 29.5 Å². The van der Waals surface area contributed by atoms with E-state index in [1.165, 1.54) is 0 Å². The number of fused-ring (bicyclic) bond motifs is 2. The second kappa shape index (κ2) is 7.01. The Morgan fingerprint density at radius 2 is 1.67 bits per heavy atom. The van der Waals surface area contributed by atoms with E-state index >= 15 is 0 Å². The van der Waals surface area contributed by atoms with Crippen molar-refractivity contribution in [1.82, 2.24) is 5.32 Å². The van der Waals surface area contributed by atoms with Gasteiger partial charge in [-0.1, -0.05) is 42.2 Å². The highest BCUT2D eigenvalue weighted by Gasteiger charge is 2.21. The van der Waals surface area contributed by atoms with Crippen LogP contribution in [0.15, 0.2) is 48.5 Å². The van der Waals surface area contributed by atoms with E-state index in [0.717, 1.165) is 22.4 Å². The van der Waals surface area contributed by atoms with Gasteiger partial charge in [0.1, 0.15) is 0 Å². The molecule has 1 aliphatic heterocycles. The molecule has 0 aliphatic carbocycles. The summed E-state index contributed by atoms with van der Waals surface area (Å²) in [6.45, 7) is 0.453. The molecule has 3 rings (SSSR count). The maximum atomic E-state index is 12.8. The Morgan fingerprint density at radius 1 is 1.00 bits per heavy atom. The largest absolute Gasteiger partial charge is 0.359 e. The molecule has 0 fully saturated rings. The lowest BCUT2D eigenvalue weighted by atomic mass is 10.0. The number of benzene rings is 2. The zero-order valence-corrected chi connectivity index (χ0v) is 13.5. The van der Waals surface area contributed by atoms with E-state index in [1.807, 2.05) is 48.5 Å². The van der Waals surface area contributed by atoms with Crippen LogP contribution >= 0.6 is 0 Å². The van der Waals surface area contributed by atoms with Crippen molar-refractivity contribution in [1.29, 1.82) is 0 Å². The first-order valence-corrected chi connectivity index (χ1v) is 7.89. The van der Waals surface area contributed by atoms with Crippen LogP contribution in [0.4, 0.5) is 5.69 Å². The first-order chi connectivity index (χ1) is 11.7. The van der Waals surface area contributed by atoms with Gasteiger partial charge in [-0.3, -0.25) is 9.59 Å². The second-order valence-corrected chi connectivity index (χ2v) is 5.58. The Morgan fingerprint density at radius 3 is 2.46 bits per heavy atom. The van der Waals surface area contributed by atoms with Gasteiger partial charge in [-0.05, 0) is 23.8 Å². The number of hydrogen-bond donors (Lipinski definition) is 1. The molecule has 24 heavy (non-hydrogen) atoms. The van der Waals surface area contributed by atoms with Crippen LogP contribution < -0.4 is 10.2 Å². The number of anilines is 1. The molecule has 0 aromatic heterocycles. The van der Waals surface area contributed by atoms with E-state index in [0.29, 0.717) is 6.54 Å². The number of para-hydroxylation sites is 1. The summed E-state index contributed by atoms with van der Waals surface area (Å²) in [7, 11) is 1.57. The third kappa shape index (κ3) is 3.31. The van der Waals surface area contributed by atoms with Gasteiger partial charge in [0.05, 0.1) is 12.2 Å². The van der Waals surface area contributed by atoms with Crippen molar-refractivity contribution in [2.24, 2.45) is 0 Å². The van der Waals surface area contributed by atoms with Gasteiger partial charge >= 0.3 is 0 Å². The molecular weight excluding hydrogens is 300 g/mol. The van der Waals surface area contributed by atoms with Crippen LogP contribution in [0.5, 0.6) is 0 Å². The van der Waals surface area contributed by atoms with Gasteiger partial charge in [0.15, 0.2) is 0 Å². The second-order valence-electron chi connectivity index (χ2n) is 5.58. The fraction of sp³-hybridized carbons (Fsp3) is 0.200. The lowest BCUT2D eigenvalue weighted by Gasteiger charge is -2.26. The third-order valence-electron chi connectivity index (χ3n) is 4.02. The van der Waals surface area contributed by atoms with Crippen LogP contribution in [-0.4, -0.2) is 18.9 Å². The van der Waals surface area contributed by atoms with Gasteiger partial charge in [-0.25, -0.2) is 0 Å². The summed E-state index contributed by atoms with van der Waals surface area (Å²) in [4.78, 5) is 25.9. The summed E-state index contributed by atoms with van der Waals surface area (Å²) in [6, 6.07) is 15.5. The first-order valence-electron chi connectivity index (χ1n) is 7.89. The number of nitrogens with zero attached hydrogens (tertiary/aromatic N) is 1. The molecule has 2 aromatic carbocycles. The van der Waals surface area contributed by atoms with Gasteiger partial charge in [0.25, 0.3) is 0 Å². The smallest absolute Gasteiger partial charge is 0.227 e. The van der Waals surface area contributed by atoms with Crippen LogP contribution in [-0.2, 0) is 16.1 Å². The monoisotopic (exact) mass is 318 g/mol. The number of rotatable bonds is 3. The first kappa shape index (κ1) is 15.8. The average molecular weight is 318 g/mol. The number of hydrogen-bond acceptors (Lipinski definition) is 2. The Balaban J connectivity index is 1.98. The normalized spacial score (nSPS) is 12.0. The Kier molecular flexibility index (Phi) is 4.62. The summed E-state index contributed by atoms with van der Waals surface area (Å²) >= 11 is 0. The van der Waals surface area contributed by atoms with E-state index in [2.05, 4.69) is 17.2 Å². The Bertz CT molecular complexity index is 846. The molecule has 0 bridgehead atoms. The SMILES string of the molecule is CNC(=O)CCC(=O)N1Cc2ccccc2C#Cc2ccccc21. The van der Waals surface area contributed by atoms with Crippen LogP contribution in [0.25, 0.3) is 0 Å². The van der Waals surface area contributed by atoms with Gasteiger partial charge in [0, 0.05) is 31.0 Å². The van der Waals surface area contributed by atoms with Crippen molar-refractivity contribution in [2.45, 2.75) is 19.4 Å². The number of carbonyl (C=O) groups excluding carboxylic acids is 2. The number of nitrogens with one attached hydrogen (secondary N) is 1. The van der Waals surface area contributed by atoms with E-state index in [1.54, 1.807) is 11.9 Å². The van der Waals surface area contributed by atoms with Crippen molar-refractivity contribution >= 4 is 17.5 Å². The molecule has 0 radical (unpaired) electrons. The lowest BCUT2D eigenvalue weighted by Crippen LogP contribution is -2.32. The van der Waals surface area contributed by atoms with Crippen molar-refractivity contribution < 1.29 is 9.59 Å². The summed E-state index contributed by atoms with van der Waals surface area (Å²) in [5, 5.41) is 2.55. The zero-order chi connectivity index (χ0) is 16.9. The standard InChI is InChI=1S/C20H18N2O2/c1-21-19(23)12-13-20(24)22-14-17-8-3-2-6-15(17)10-11-16-7-4-5-9-18(16)22/h2-9H,12-14H2,1H3,(H,21,23). The van der Waals surface area contributed by atoms with Gasteiger partial charge in [-0.2, -0.15) is 0 Å². The van der Waals surface area contributed by atoms with Crippen molar-refractivity contribution in [3.8, 4) is 11.8 Å². The maximum Gasteiger partial charge on any atom is 0.227 e. The van der Waals surface area contributed by atoms with Crippen LogP contribution in [0, 0.1) is 11.8 Å². The molecule has 0 spiro atoms. The molecule has 2 amide bonds. The fourth-order valence-electron chi connectivity index (χ4n) is 2.69. The highest BCUT2D eigenvalue weighted by atomic mass is 16.2. The molecule has 0 atom stereocenters. The quantitative estimate of drug-likeness (QED) is 0.884. The lowest BCUT2D eigenvalue weighted by molar-refractivity contribution is -0.125. The summed E-state index contributed by atoms with van der Waals surface area (Å²) in [5.41, 5.74) is 3.55. The maximum absolute atomic E-state index is 12.8.